The van der Waals surface area contributed by atoms with Gasteiger partial charge in [-0.2, -0.15) is 9.97 Å². The number of alkyl halides is 2. The van der Waals surface area contributed by atoms with Crippen LogP contribution in [0.15, 0.2) is 30.5 Å². The van der Waals surface area contributed by atoms with E-state index in [0.717, 1.165) is 6.07 Å². The van der Waals surface area contributed by atoms with Crippen molar-refractivity contribution in [2.24, 2.45) is 0 Å². The maximum Gasteiger partial charge on any atom is 0.319 e. The van der Waals surface area contributed by atoms with E-state index in [-0.39, 0.29) is 68.5 Å². The molecule has 55 heavy (non-hydrogen) atoms. The van der Waals surface area contributed by atoms with Gasteiger partial charge in [-0.05, 0) is 53.9 Å². The van der Waals surface area contributed by atoms with Crippen LogP contribution < -0.4 is 9.64 Å². The molecule has 3 aliphatic heterocycles. The summed E-state index contributed by atoms with van der Waals surface area (Å²) in [6.07, 6.45) is -0.510. The molecule has 5 heterocycles. The Morgan fingerprint density at radius 2 is 1.80 bits per heavy atom. The Morgan fingerprint density at radius 1 is 1.04 bits per heavy atom. The number of nitrogens with zero attached hydrogens (tertiary/aromatic N) is 5. The van der Waals surface area contributed by atoms with Crippen LogP contribution in [0.25, 0.3) is 32.9 Å². The Kier molecular flexibility index (Phi) is 9.22. The topological polar surface area (TPSA) is 63.6 Å². The van der Waals surface area contributed by atoms with Gasteiger partial charge in [-0.3, -0.25) is 9.88 Å². The van der Waals surface area contributed by atoms with Crippen molar-refractivity contribution in [1.29, 1.82) is 0 Å². The molecule has 4 fully saturated rings. The Hall–Kier alpha value is -3.86. The summed E-state index contributed by atoms with van der Waals surface area (Å²) in [6.45, 7) is 11.4. The Labute approximate surface area is 322 Å². The highest BCUT2D eigenvalue weighted by Crippen LogP contribution is 2.45. The third-order valence-electron chi connectivity index (χ3n) is 12.5. The van der Waals surface area contributed by atoms with E-state index < -0.39 is 68.1 Å². The number of fused-ring (bicyclic) bond motifs is 4. The van der Waals surface area contributed by atoms with Crippen molar-refractivity contribution >= 4 is 35.6 Å². The van der Waals surface area contributed by atoms with Crippen molar-refractivity contribution in [2.45, 2.75) is 114 Å². The number of halogens is 5. The van der Waals surface area contributed by atoms with E-state index in [9.17, 15) is 4.39 Å². The third-order valence-corrected chi connectivity index (χ3v) is 18.8. The summed E-state index contributed by atoms with van der Waals surface area (Å²) in [5.41, 5.74) is 2.26. The Bertz CT molecular complexity index is 2280. The molecule has 0 N–H and O–H groups in total. The number of hydrogen-bond acceptors (Lipinski definition) is 7. The molecule has 2 aromatic carbocycles. The van der Waals surface area contributed by atoms with Crippen LogP contribution in [-0.4, -0.2) is 90.8 Å². The van der Waals surface area contributed by atoms with E-state index in [1.807, 2.05) is 0 Å². The lowest BCUT2D eigenvalue weighted by atomic mass is 9.95. The van der Waals surface area contributed by atoms with Crippen molar-refractivity contribution < 1.29 is 34.2 Å². The minimum Gasteiger partial charge on any atom is -0.461 e. The quantitative estimate of drug-likeness (QED) is 0.101. The fourth-order valence-electron chi connectivity index (χ4n) is 9.82. The number of ether oxygens (including phenoxy) is 2. The van der Waals surface area contributed by atoms with E-state index in [4.69, 9.17) is 12.2 Å². The van der Waals surface area contributed by atoms with E-state index >= 15 is 17.6 Å². The molecule has 4 aromatic rings. The van der Waals surface area contributed by atoms with Crippen LogP contribution in [0.3, 0.4) is 0 Å². The third kappa shape index (κ3) is 6.27. The minimum atomic E-state index is -2.49. The molecule has 0 bridgehead atoms. The number of aromatic nitrogens is 3. The lowest BCUT2D eigenvalue weighted by Crippen LogP contribution is -2.43. The highest BCUT2D eigenvalue weighted by Gasteiger charge is 2.58. The second-order valence-corrected chi connectivity index (χ2v) is 22.1. The number of hydrogen-bond donors (Lipinski definition) is 0. The van der Waals surface area contributed by atoms with Crippen LogP contribution in [-0.2, 0) is 4.74 Å². The van der Waals surface area contributed by atoms with Crippen LogP contribution in [0.2, 0.25) is 16.6 Å². The lowest BCUT2D eigenvalue weighted by molar-refractivity contribution is 0.105. The van der Waals surface area contributed by atoms with E-state index in [1.54, 1.807) is 28.0 Å². The molecule has 1 saturated carbocycles. The molecule has 0 amide bonds. The second kappa shape index (κ2) is 14.3. The summed E-state index contributed by atoms with van der Waals surface area (Å²) in [4.78, 5) is 17.0. The number of benzene rings is 2. The number of anilines is 1. The predicted molar refractivity (Wildman–Crippen MR) is 207 cm³/mol. The first-order chi connectivity index (χ1) is 27.0. The van der Waals surface area contributed by atoms with Crippen LogP contribution in [0.1, 0.15) is 75.5 Å². The molecule has 5 atom stereocenters. The first-order valence-corrected chi connectivity index (χ1v) is 21.7. The summed E-state index contributed by atoms with van der Waals surface area (Å²) in [5, 5.41) is 0.599. The molecule has 13 heteroatoms. The zero-order valence-corrected chi connectivity index (χ0v) is 33.0. The molecular formula is C42H48F5N5O2Si. The fourth-order valence-corrected chi connectivity index (χ4v) is 15.0. The molecule has 2 aromatic heterocycles. The molecule has 1 aliphatic carbocycles. The molecule has 7 nitrogen and oxygen atoms in total. The van der Waals surface area contributed by atoms with Gasteiger partial charge < -0.3 is 14.4 Å². The highest BCUT2D eigenvalue weighted by atomic mass is 28.3. The monoisotopic (exact) mass is 779 g/mol. The summed E-state index contributed by atoms with van der Waals surface area (Å²) in [7, 11) is -2.43. The van der Waals surface area contributed by atoms with Gasteiger partial charge in [-0.15, -0.1) is 5.54 Å². The lowest BCUT2D eigenvalue weighted by Gasteiger charge is -2.38. The maximum absolute atomic E-state index is 17.4. The van der Waals surface area contributed by atoms with E-state index in [1.165, 1.54) is 6.20 Å². The zero-order chi connectivity index (χ0) is 40.8. The number of pyridine rings is 1. The summed E-state index contributed by atoms with van der Waals surface area (Å²) < 4.78 is 109. The molecule has 3 saturated heterocycles. The van der Waals surface area contributed by atoms with Crippen molar-refractivity contribution in [1.82, 2.24) is 19.9 Å². The van der Waals surface area contributed by atoms with Crippen molar-refractivity contribution in [2.75, 3.05) is 37.7 Å². The summed E-state index contributed by atoms with van der Waals surface area (Å²) in [5.74, 6) is -0.00394. The fraction of sp³-hybridized carbons (Fsp3) is 0.548. The van der Waals surface area contributed by atoms with Crippen LogP contribution in [0.5, 0.6) is 6.01 Å². The van der Waals surface area contributed by atoms with E-state index in [0.29, 0.717) is 44.3 Å². The van der Waals surface area contributed by atoms with Gasteiger partial charge in [0.1, 0.15) is 43.9 Å². The first-order valence-electron chi connectivity index (χ1n) is 20.4. The Morgan fingerprint density at radius 3 is 2.55 bits per heavy atom. The normalized spacial score (nSPS) is 26.3. The molecule has 8 rings (SSSR count). The summed E-state index contributed by atoms with van der Waals surface area (Å²) >= 11 is 0. The SMILES string of the molecule is [2H]C([2H])(Oc1nc(N2CCCO[C@H]3[C@H](F)[C@H]32)c2cnc(-c3cccc4cc(F)c(F)c(C#C[Si](C(C)C)(C(C)C)C(C)C)c34)c(F)c2n1)[C@@]12CCCN1C[C@H](F)C2. The molecule has 0 unspecified atom stereocenters. The van der Waals surface area contributed by atoms with Crippen molar-refractivity contribution in [3.63, 3.8) is 0 Å². The summed E-state index contributed by atoms with van der Waals surface area (Å²) in [6, 6.07) is 4.60. The highest BCUT2D eigenvalue weighted by molar-refractivity contribution is 6.90. The van der Waals surface area contributed by atoms with Crippen molar-refractivity contribution in [3.8, 4) is 28.7 Å². The average Bonchev–Trinajstić information content (AvgIpc) is 3.50. The van der Waals surface area contributed by atoms with Gasteiger partial charge in [0.15, 0.2) is 23.6 Å². The predicted octanol–water partition coefficient (Wildman–Crippen LogP) is 9.10. The smallest absolute Gasteiger partial charge is 0.319 e. The van der Waals surface area contributed by atoms with E-state index in [2.05, 4.69) is 68.0 Å². The standard InChI is InChI=1S/C42H48F5N5O2Si/c1-23(2)55(24(3)4,25(5)6)17-12-28-32-26(18-31(44)33(28)45)10-7-11-29(32)36-34(46)37-30(20-48-36)40(52-15-9-16-53-39-35(47)38(39)52)50-41(49-37)54-22-42-13-8-14-51(42)21-27(43)19-42/h7,10-11,18,20,23-25,27,35,38-39H,8-9,13-16,19,21-22H2,1-6H3/t27-,35-,38-,39+,42+/m1/s1/i22D2. The van der Waals surface area contributed by atoms with Crippen LogP contribution in [0, 0.1) is 28.9 Å². The van der Waals surface area contributed by atoms with Crippen LogP contribution in [0.4, 0.5) is 27.8 Å². The van der Waals surface area contributed by atoms with Crippen LogP contribution >= 0.6 is 0 Å². The zero-order valence-electron chi connectivity index (χ0n) is 34.0. The van der Waals surface area contributed by atoms with Gasteiger partial charge in [-0.25, -0.2) is 22.0 Å². The molecule has 4 aliphatic rings. The van der Waals surface area contributed by atoms with Gasteiger partial charge in [0.05, 0.1) is 25.3 Å². The molecular weight excluding hydrogens is 730 g/mol. The molecule has 0 radical (unpaired) electrons. The Balaban J connectivity index is 1.33. The van der Waals surface area contributed by atoms with Gasteiger partial charge >= 0.3 is 6.01 Å². The maximum atomic E-state index is 17.4. The van der Waals surface area contributed by atoms with Gasteiger partial charge in [0, 0.05) is 43.3 Å². The minimum absolute atomic E-state index is 0.0720. The van der Waals surface area contributed by atoms with Crippen molar-refractivity contribution in [3.05, 3.63) is 53.5 Å². The van der Waals surface area contributed by atoms with Gasteiger partial charge in [0.2, 0.25) is 0 Å². The average molecular weight is 780 g/mol. The number of rotatable bonds is 8. The van der Waals surface area contributed by atoms with Gasteiger partial charge in [-0.1, -0.05) is 65.7 Å². The molecule has 0 spiro atoms. The largest absolute Gasteiger partial charge is 0.461 e. The second-order valence-electron chi connectivity index (χ2n) is 16.5. The van der Waals surface area contributed by atoms with Gasteiger partial charge in [0.25, 0.3) is 0 Å². The molecule has 292 valence electrons. The first kappa shape index (κ1) is 35.5.